The third-order valence-corrected chi connectivity index (χ3v) is 8.98. The van der Waals surface area contributed by atoms with Crippen LogP contribution in [-0.4, -0.2) is 49.4 Å². The number of hydrogen-bond acceptors (Lipinski definition) is 2. The minimum atomic E-state index is -3.92. The summed E-state index contributed by atoms with van der Waals surface area (Å²) in [6.45, 7) is 10.6. The molecule has 0 aliphatic rings. The molecule has 5 heteroatoms. The van der Waals surface area contributed by atoms with E-state index < -0.39 is 10.1 Å². The normalized spacial score (nSPS) is 12.4. The molecule has 0 amide bonds. The van der Waals surface area contributed by atoms with Gasteiger partial charge in [-0.25, -0.2) is 0 Å². The second kappa shape index (κ2) is 26.1. The monoisotopic (exact) mass is 546 g/mol. The van der Waals surface area contributed by atoms with Gasteiger partial charge in [0.2, 0.25) is 0 Å². The molecule has 0 atom stereocenters. The predicted octanol–water partition coefficient (Wildman–Crippen LogP) is 10.1. The molecule has 0 aromatic heterocycles. The van der Waals surface area contributed by atoms with Gasteiger partial charge in [-0.15, -0.1) is 0 Å². The van der Waals surface area contributed by atoms with Crippen LogP contribution in [0.4, 0.5) is 0 Å². The first-order valence-electron chi connectivity index (χ1n) is 16.7. The van der Waals surface area contributed by atoms with Gasteiger partial charge in [-0.1, -0.05) is 136 Å². The lowest BCUT2D eigenvalue weighted by Crippen LogP contribution is -2.52. The van der Waals surface area contributed by atoms with Crippen LogP contribution in [0, 0.1) is 0 Å². The summed E-state index contributed by atoms with van der Waals surface area (Å²) >= 11 is 0. The Hall–Kier alpha value is -0.130. The van der Waals surface area contributed by atoms with E-state index >= 15 is 0 Å². The van der Waals surface area contributed by atoms with Gasteiger partial charge in [0.15, 0.2) is 0 Å². The van der Waals surface area contributed by atoms with Crippen LogP contribution >= 0.6 is 0 Å². The first-order chi connectivity index (χ1) is 17.9. The lowest BCUT2D eigenvalue weighted by atomic mass is 10.0. The molecule has 0 aromatic carbocycles. The largest absolute Gasteiger partial charge is 0.323 e. The molecule has 0 saturated heterocycles. The van der Waals surface area contributed by atoms with Crippen molar-refractivity contribution in [3.8, 4) is 0 Å². The van der Waals surface area contributed by atoms with E-state index in [0.717, 1.165) is 24.1 Å². The van der Waals surface area contributed by atoms with Crippen LogP contribution in [-0.2, 0) is 10.1 Å². The van der Waals surface area contributed by atoms with E-state index in [1.807, 2.05) is 0 Å². The molecule has 0 aliphatic carbocycles. The van der Waals surface area contributed by atoms with Gasteiger partial charge in [-0.2, -0.15) is 8.42 Å². The highest BCUT2D eigenvalue weighted by Gasteiger charge is 2.28. The van der Waals surface area contributed by atoms with E-state index in [4.69, 9.17) is 0 Å². The molecule has 0 fully saturated rings. The van der Waals surface area contributed by atoms with Crippen molar-refractivity contribution in [2.75, 3.05) is 31.9 Å². The summed E-state index contributed by atoms with van der Waals surface area (Å²) in [6.07, 6.45) is 31.4. The highest BCUT2D eigenvalue weighted by atomic mass is 32.2. The van der Waals surface area contributed by atoms with Crippen molar-refractivity contribution in [1.82, 2.24) is 0 Å². The summed E-state index contributed by atoms with van der Waals surface area (Å²) in [6, 6.07) is 0. The molecule has 0 unspecified atom stereocenters. The average Bonchev–Trinajstić information content (AvgIpc) is 2.87. The Morgan fingerprint density at radius 2 is 0.649 bits per heavy atom. The van der Waals surface area contributed by atoms with E-state index in [9.17, 15) is 13.0 Å². The fourth-order valence-electron chi connectivity index (χ4n) is 5.72. The molecule has 0 radical (unpaired) electrons. The zero-order chi connectivity index (χ0) is 27.5. The Labute approximate surface area is 234 Å². The molecular weight excluding hydrogens is 478 g/mol. The minimum Gasteiger partial charge on any atom is -0.323 e. The molecule has 0 spiro atoms. The van der Waals surface area contributed by atoms with Gasteiger partial charge in [0, 0.05) is 0 Å². The van der Waals surface area contributed by atoms with Gasteiger partial charge in [0.05, 0.1) is 26.2 Å². The van der Waals surface area contributed by atoms with Crippen LogP contribution in [0.15, 0.2) is 0 Å². The highest BCUT2D eigenvalue weighted by Crippen LogP contribution is 2.19. The van der Waals surface area contributed by atoms with Crippen LogP contribution < -0.4 is 0 Å². The van der Waals surface area contributed by atoms with Gasteiger partial charge in [-0.3, -0.25) is 4.55 Å². The van der Waals surface area contributed by atoms with Gasteiger partial charge < -0.3 is 4.48 Å². The molecule has 0 aromatic rings. The standard InChI is InChI=1S/C32H67NO3S/c1-4-7-10-13-16-19-22-25-28-33(31-32-37(34,35)36,29-26-23-20-17-14-11-8-5-2)30-27-24-21-18-15-12-9-6-3/h4-32H2,1-3H3/p+1. The number of nitrogens with zero attached hydrogens (tertiary/aromatic N) is 1. The number of quaternary nitrogens is 1. The fourth-order valence-corrected chi connectivity index (χ4v) is 6.34. The number of unbranched alkanes of at least 4 members (excludes halogenated alkanes) is 21. The van der Waals surface area contributed by atoms with Crippen LogP contribution in [0.25, 0.3) is 0 Å². The van der Waals surface area contributed by atoms with E-state index in [2.05, 4.69) is 20.8 Å². The SMILES string of the molecule is CCCCCCCCCC[N+](CCCCCCCCCC)(CCCCCCCCCC)CCS(=O)(=O)O. The Morgan fingerprint density at radius 1 is 0.405 bits per heavy atom. The second-order valence-electron chi connectivity index (χ2n) is 11.9. The summed E-state index contributed by atoms with van der Waals surface area (Å²) in [5.41, 5.74) is 0. The smallest absolute Gasteiger partial charge is 0.270 e. The Bertz CT molecular complexity index is 514. The molecule has 4 nitrogen and oxygen atoms in total. The van der Waals surface area contributed by atoms with Gasteiger partial charge in [0.25, 0.3) is 10.1 Å². The molecule has 0 rings (SSSR count). The maximum atomic E-state index is 11.7. The lowest BCUT2D eigenvalue weighted by Gasteiger charge is -2.39. The summed E-state index contributed by atoms with van der Waals surface area (Å²) < 4.78 is 33.9. The molecule has 37 heavy (non-hydrogen) atoms. The maximum Gasteiger partial charge on any atom is 0.270 e. The van der Waals surface area contributed by atoms with Crippen molar-refractivity contribution < 1.29 is 17.5 Å². The molecule has 1 N–H and O–H groups in total. The average molecular weight is 547 g/mol. The van der Waals surface area contributed by atoms with E-state index in [-0.39, 0.29) is 5.75 Å². The van der Waals surface area contributed by atoms with Gasteiger partial charge >= 0.3 is 0 Å². The van der Waals surface area contributed by atoms with Crippen LogP contribution in [0.1, 0.15) is 175 Å². The van der Waals surface area contributed by atoms with E-state index in [1.165, 1.54) is 154 Å². The number of hydrogen-bond donors (Lipinski definition) is 1. The van der Waals surface area contributed by atoms with Crippen LogP contribution in [0.2, 0.25) is 0 Å². The van der Waals surface area contributed by atoms with Gasteiger partial charge in [0.1, 0.15) is 5.75 Å². The first kappa shape index (κ1) is 36.9. The van der Waals surface area contributed by atoms with E-state index in [0.29, 0.717) is 6.54 Å². The van der Waals surface area contributed by atoms with Crippen molar-refractivity contribution in [3.63, 3.8) is 0 Å². The quantitative estimate of drug-likeness (QED) is 0.0554. The molecular formula is C32H68NO3S+. The third kappa shape index (κ3) is 25.9. The van der Waals surface area contributed by atoms with Crippen molar-refractivity contribution in [2.24, 2.45) is 0 Å². The van der Waals surface area contributed by atoms with Gasteiger partial charge in [-0.05, 0) is 38.5 Å². The lowest BCUT2D eigenvalue weighted by molar-refractivity contribution is -0.926. The van der Waals surface area contributed by atoms with Crippen LogP contribution in [0.5, 0.6) is 0 Å². The molecule has 0 aliphatic heterocycles. The summed E-state index contributed by atoms with van der Waals surface area (Å²) in [7, 11) is -3.92. The topological polar surface area (TPSA) is 54.4 Å². The molecule has 0 saturated carbocycles. The second-order valence-corrected chi connectivity index (χ2v) is 13.5. The highest BCUT2D eigenvalue weighted by molar-refractivity contribution is 7.85. The van der Waals surface area contributed by atoms with Crippen molar-refractivity contribution in [2.45, 2.75) is 175 Å². The zero-order valence-electron chi connectivity index (χ0n) is 25.6. The summed E-state index contributed by atoms with van der Waals surface area (Å²) in [5, 5.41) is 0. The van der Waals surface area contributed by atoms with E-state index in [1.54, 1.807) is 0 Å². The predicted molar refractivity (Wildman–Crippen MR) is 164 cm³/mol. The molecule has 0 bridgehead atoms. The maximum absolute atomic E-state index is 11.7. The molecule has 0 heterocycles. The Kier molecular flexibility index (Phi) is 26.0. The van der Waals surface area contributed by atoms with Crippen molar-refractivity contribution in [3.05, 3.63) is 0 Å². The molecule has 224 valence electrons. The van der Waals surface area contributed by atoms with Crippen LogP contribution in [0.3, 0.4) is 0 Å². The number of rotatable bonds is 30. The van der Waals surface area contributed by atoms with Crippen molar-refractivity contribution >= 4 is 10.1 Å². The summed E-state index contributed by atoms with van der Waals surface area (Å²) in [4.78, 5) is 0. The fraction of sp³-hybridized carbons (Fsp3) is 1.00. The third-order valence-electron chi connectivity index (χ3n) is 8.28. The first-order valence-corrected chi connectivity index (χ1v) is 18.3. The Balaban J connectivity index is 4.79. The Morgan fingerprint density at radius 3 is 0.892 bits per heavy atom. The minimum absolute atomic E-state index is 0.0853. The summed E-state index contributed by atoms with van der Waals surface area (Å²) in [5.74, 6) is -0.0853. The van der Waals surface area contributed by atoms with Crippen molar-refractivity contribution in [1.29, 1.82) is 0 Å². The zero-order valence-corrected chi connectivity index (χ0v) is 26.4.